The number of para-hydroxylation sites is 1. The number of esters is 1. The monoisotopic (exact) mass is 467 g/mol. The summed E-state index contributed by atoms with van der Waals surface area (Å²) < 4.78 is 18.9. The van der Waals surface area contributed by atoms with Crippen LogP contribution in [0.25, 0.3) is 0 Å². The number of ketones is 1. The highest BCUT2D eigenvalue weighted by molar-refractivity contribution is 6.31. The second-order valence-corrected chi connectivity index (χ2v) is 8.44. The van der Waals surface area contributed by atoms with Crippen LogP contribution < -0.4 is 16.0 Å². The number of amides is 1. The smallest absolute Gasteiger partial charge is 0.339 e. The summed E-state index contributed by atoms with van der Waals surface area (Å²) in [5, 5.41) is 2.66. The fourth-order valence-electron chi connectivity index (χ4n) is 5.08. The summed E-state index contributed by atoms with van der Waals surface area (Å²) in [4.78, 5) is 41.8. The van der Waals surface area contributed by atoms with Crippen molar-refractivity contribution in [2.24, 2.45) is 5.73 Å². The lowest BCUT2D eigenvalue weighted by atomic mass is 9.63. The average molecular weight is 468 g/mol. The van der Waals surface area contributed by atoms with Gasteiger partial charge in [0.1, 0.15) is 22.6 Å². The first-order valence-electron chi connectivity index (χ1n) is 10.3. The highest BCUT2D eigenvalue weighted by Gasteiger charge is 2.61. The van der Waals surface area contributed by atoms with E-state index in [-0.39, 0.29) is 34.2 Å². The summed E-state index contributed by atoms with van der Waals surface area (Å²) in [6.45, 7) is 0. The van der Waals surface area contributed by atoms with Gasteiger partial charge in [-0.05, 0) is 37.1 Å². The maximum absolute atomic E-state index is 13.9. The molecule has 2 aromatic carbocycles. The van der Waals surface area contributed by atoms with Crippen LogP contribution >= 0.6 is 11.6 Å². The Labute approximate surface area is 193 Å². The number of anilines is 2. The topological polar surface area (TPSA) is 102 Å². The first-order chi connectivity index (χ1) is 15.8. The number of ether oxygens (including phenoxy) is 1. The summed E-state index contributed by atoms with van der Waals surface area (Å²) in [7, 11) is 1.18. The number of fused-ring (bicyclic) bond motifs is 3. The molecule has 0 bridgehead atoms. The summed E-state index contributed by atoms with van der Waals surface area (Å²) in [6, 6.07) is 10.9. The predicted octanol–water partition coefficient (Wildman–Crippen LogP) is 3.54. The van der Waals surface area contributed by atoms with Gasteiger partial charge in [-0.1, -0.05) is 29.8 Å². The molecule has 1 aliphatic carbocycles. The van der Waals surface area contributed by atoms with Crippen LogP contribution in [0.1, 0.15) is 24.8 Å². The van der Waals surface area contributed by atoms with Gasteiger partial charge in [-0.15, -0.1) is 0 Å². The van der Waals surface area contributed by atoms with E-state index in [0.717, 1.165) is 0 Å². The molecule has 1 atom stereocenters. The number of methoxy groups -OCH3 is 1. The summed E-state index contributed by atoms with van der Waals surface area (Å²) in [5.74, 6) is -2.36. The van der Waals surface area contributed by atoms with Crippen molar-refractivity contribution in [1.29, 1.82) is 0 Å². The minimum Gasteiger partial charge on any atom is -0.466 e. The molecule has 3 N–H and O–H groups in total. The fourth-order valence-corrected chi connectivity index (χ4v) is 5.26. The molecular formula is C24H19ClFN3O4. The summed E-state index contributed by atoms with van der Waals surface area (Å²) in [5.41, 5.74) is 6.63. The molecule has 9 heteroatoms. The molecule has 2 aromatic rings. The van der Waals surface area contributed by atoms with Crippen molar-refractivity contribution >= 4 is 40.6 Å². The van der Waals surface area contributed by atoms with E-state index >= 15 is 0 Å². The quantitative estimate of drug-likeness (QED) is 0.655. The summed E-state index contributed by atoms with van der Waals surface area (Å²) >= 11 is 6.02. The molecule has 1 amide bonds. The summed E-state index contributed by atoms with van der Waals surface area (Å²) in [6.07, 6.45) is 1.16. The third kappa shape index (κ3) is 2.77. The Morgan fingerprint density at radius 1 is 1.21 bits per heavy atom. The maximum atomic E-state index is 13.9. The number of carbonyl (C=O) groups excluding carboxylic acids is 3. The number of rotatable bonds is 2. The standard InChI is InChI=1S/C24H19ClFN3O4/c1-33-22(31)20-21(27)29(12-9-10-15(26)14(25)11-12)17-7-4-8-18(30)19(17)24(20)13-5-2-3-6-16(13)28-23(24)32/h2-3,5-6,9-11H,4,7-8,27H2,1H3,(H,28,32). The van der Waals surface area contributed by atoms with Crippen molar-refractivity contribution in [3.8, 4) is 0 Å². The number of nitrogens with one attached hydrogen (secondary N) is 1. The highest BCUT2D eigenvalue weighted by atomic mass is 35.5. The molecule has 168 valence electrons. The van der Waals surface area contributed by atoms with Gasteiger partial charge in [-0.25, -0.2) is 9.18 Å². The van der Waals surface area contributed by atoms with Gasteiger partial charge in [0.15, 0.2) is 5.78 Å². The SMILES string of the molecule is COC(=O)C1=C(N)N(c2ccc(F)c(Cl)c2)C2=C(C(=O)CCC2)C12C(=O)Nc1ccccc12. The van der Waals surface area contributed by atoms with Crippen LogP contribution in [0.3, 0.4) is 0 Å². The van der Waals surface area contributed by atoms with Crippen molar-refractivity contribution in [2.75, 3.05) is 17.3 Å². The van der Waals surface area contributed by atoms with Gasteiger partial charge < -0.3 is 15.8 Å². The van der Waals surface area contributed by atoms with Crippen LogP contribution in [0, 0.1) is 5.82 Å². The Hall–Kier alpha value is -3.65. The van der Waals surface area contributed by atoms with Crippen molar-refractivity contribution in [2.45, 2.75) is 24.7 Å². The number of nitrogens with two attached hydrogens (primary N) is 1. The Kier molecular flexibility index (Phi) is 4.79. The minimum atomic E-state index is -1.75. The Morgan fingerprint density at radius 2 is 1.97 bits per heavy atom. The third-order valence-electron chi connectivity index (χ3n) is 6.37. The van der Waals surface area contributed by atoms with Gasteiger partial charge in [0, 0.05) is 34.6 Å². The average Bonchev–Trinajstić information content (AvgIpc) is 3.08. The molecular weight excluding hydrogens is 449 g/mol. The van der Waals surface area contributed by atoms with E-state index in [4.69, 9.17) is 22.1 Å². The zero-order chi connectivity index (χ0) is 23.5. The molecule has 1 unspecified atom stereocenters. The van der Waals surface area contributed by atoms with Gasteiger partial charge in [0.2, 0.25) is 5.91 Å². The van der Waals surface area contributed by atoms with E-state index in [2.05, 4.69) is 5.32 Å². The van der Waals surface area contributed by atoms with Crippen LogP contribution in [0.15, 0.2) is 65.1 Å². The van der Waals surface area contributed by atoms with E-state index < -0.39 is 23.1 Å². The molecule has 0 aromatic heterocycles. The third-order valence-corrected chi connectivity index (χ3v) is 6.66. The predicted molar refractivity (Wildman–Crippen MR) is 120 cm³/mol. The number of carbonyl (C=O) groups is 3. The largest absolute Gasteiger partial charge is 0.466 e. The first-order valence-corrected chi connectivity index (χ1v) is 10.7. The van der Waals surface area contributed by atoms with Crippen molar-refractivity contribution in [3.63, 3.8) is 0 Å². The van der Waals surface area contributed by atoms with Gasteiger partial charge in [0.25, 0.3) is 0 Å². The number of allylic oxidation sites excluding steroid dienone is 1. The second-order valence-electron chi connectivity index (χ2n) is 8.03. The van der Waals surface area contributed by atoms with Crippen LogP contribution in [0.2, 0.25) is 5.02 Å². The fraction of sp³-hybridized carbons (Fsp3) is 0.208. The zero-order valence-corrected chi connectivity index (χ0v) is 18.3. The lowest BCUT2D eigenvalue weighted by Crippen LogP contribution is -2.53. The van der Waals surface area contributed by atoms with E-state index in [1.54, 1.807) is 24.3 Å². The molecule has 2 aliphatic heterocycles. The van der Waals surface area contributed by atoms with Crippen molar-refractivity contribution < 1.29 is 23.5 Å². The van der Waals surface area contributed by atoms with Crippen LogP contribution in [0.4, 0.5) is 15.8 Å². The first kappa shape index (κ1) is 21.2. The lowest BCUT2D eigenvalue weighted by molar-refractivity contribution is -0.138. The molecule has 0 saturated carbocycles. The number of benzene rings is 2. The molecule has 2 heterocycles. The van der Waals surface area contributed by atoms with Crippen LogP contribution in [-0.2, 0) is 24.5 Å². The zero-order valence-electron chi connectivity index (χ0n) is 17.6. The van der Waals surface area contributed by atoms with Gasteiger partial charge in [-0.2, -0.15) is 0 Å². The van der Waals surface area contributed by atoms with Crippen molar-refractivity contribution in [3.05, 3.63) is 81.5 Å². The minimum absolute atomic E-state index is 0.0789. The Bertz CT molecular complexity index is 1320. The number of hydrogen-bond donors (Lipinski definition) is 2. The molecule has 0 radical (unpaired) electrons. The molecule has 7 nitrogen and oxygen atoms in total. The van der Waals surface area contributed by atoms with E-state index in [1.807, 2.05) is 0 Å². The Morgan fingerprint density at radius 3 is 2.70 bits per heavy atom. The molecule has 0 saturated heterocycles. The van der Waals surface area contributed by atoms with Crippen molar-refractivity contribution in [1.82, 2.24) is 0 Å². The van der Waals surface area contributed by atoms with E-state index in [0.29, 0.717) is 35.5 Å². The van der Waals surface area contributed by atoms with Crippen LogP contribution in [-0.4, -0.2) is 24.8 Å². The molecule has 0 fully saturated rings. The van der Waals surface area contributed by atoms with E-state index in [9.17, 15) is 18.8 Å². The number of halogens is 2. The van der Waals surface area contributed by atoms with Gasteiger partial charge >= 0.3 is 5.97 Å². The second kappa shape index (κ2) is 7.45. The molecule has 33 heavy (non-hydrogen) atoms. The van der Waals surface area contributed by atoms with E-state index in [1.165, 1.54) is 30.2 Å². The number of Topliss-reactive ketones (excluding diaryl/α,β-unsaturated/α-hetero) is 1. The number of nitrogens with zero attached hydrogens (tertiary/aromatic N) is 1. The Balaban J connectivity index is 1.90. The van der Waals surface area contributed by atoms with Gasteiger partial charge in [-0.3, -0.25) is 14.5 Å². The van der Waals surface area contributed by atoms with Gasteiger partial charge in [0.05, 0.1) is 12.1 Å². The number of hydrogen-bond acceptors (Lipinski definition) is 6. The van der Waals surface area contributed by atoms with Crippen LogP contribution in [0.5, 0.6) is 0 Å². The maximum Gasteiger partial charge on any atom is 0.339 e. The highest BCUT2D eigenvalue weighted by Crippen LogP contribution is 2.55. The lowest BCUT2D eigenvalue weighted by Gasteiger charge is -2.44. The molecule has 3 aliphatic rings. The molecule has 1 spiro atoms. The normalized spacial score (nSPS) is 21.8. The molecule has 5 rings (SSSR count).